The number of piperidine rings is 1. The molecule has 1 aliphatic rings. The van der Waals surface area contributed by atoms with Crippen molar-refractivity contribution in [2.24, 2.45) is 0 Å². The molecule has 1 amide bonds. The molecule has 1 aliphatic heterocycles. The van der Waals surface area contributed by atoms with Crippen LogP contribution in [0.15, 0.2) is 59.3 Å². The molecule has 1 aromatic carbocycles. The van der Waals surface area contributed by atoms with Crippen molar-refractivity contribution < 1.29 is 18.8 Å². The summed E-state index contributed by atoms with van der Waals surface area (Å²) in [6, 6.07) is 14.5. The SMILES string of the molecule is C[N+](C)(CCc1ccccc1F)C1CCN(C(=O)C([O-])(c2cccs2)c2cccs2)CC1. The first-order chi connectivity index (χ1) is 15.3. The molecule has 7 heteroatoms. The van der Waals surface area contributed by atoms with Crippen molar-refractivity contribution in [3.8, 4) is 0 Å². The minimum Gasteiger partial charge on any atom is -0.834 e. The van der Waals surface area contributed by atoms with Crippen molar-refractivity contribution in [2.45, 2.75) is 30.9 Å². The number of likely N-dealkylation sites (N-methyl/N-ethyl adjacent to an activating group) is 1. The van der Waals surface area contributed by atoms with Crippen LogP contribution in [0.2, 0.25) is 0 Å². The smallest absolute Gasteiger partial charge is 0.222 e. The zero-order valence-corrected chi connectivity index (χ0v) is 20.1. The molecule has 170 valence electrons. The van der Waals surface area contributed by atoms with Crippen molar-refractivity contribution in [1.29, 1.82) is 0 Å². The molecule has 4 rings (SSSR count). The highest BCUT2D eigenvalue weighted by atomic mass is 32.1. The minimum atomic E-state index is -1.87. The van der Waals surface area contributed by atoms with Crippen molar-refractivity contribution >= 4 is 28.6 Å². The van der Waals surface area contributed by atoms with Crippen LogP contribution in [0.1, 0.15) is 28.2 Å². The van der Waals surface area contributed by atoms with Gasteiger partial charge < -0.3 is 14.5 Å². The lowest BCUT2D eigenvalue weighted by molar-refractivity contribution is -0.916. The molecule has 0 atom stereocenters. The molecular weight excluding hydrogens is 443 g/mol. The number of benzene rings is 1. The van der Waals surface area contributed by atoms with Gasteiger partial charge in [0.15, 0.2) is 0 Å². The van der Waals surface area contributed by atoms with Crippen LogP contribution in [0.5, 0.6) is 0 Å². The van der Waals surface area contributed by atoms with Gasteiger partial charge in [0.05, 0.1) is 26.7 Å². The standard InChI is InChI=1S/C25H29FN2O2S2/c1-28(2,16-13-19-7-3-4-8-21(19)26)20-11-14-27(15-12-20)24(29)25(30,22-9-5-17-31-22)23-10-6-18-32-23/h3-10,17-18,20H,11-16H2,1-2H3. The molecule has 3 aromatic rings. The number of likely N-dealkylation sites (tertiary alicyclic amines) is 1. The molecule has 4 nitrogen and oxygen atoms in total. The van der Waals surface area contributed by atoms with Gasteiger partial charge in [-0.1, -0.05) is 30.3 Å². The van der Waals surface area contributed by atoms with Gasteiger partial charge in [0.25, 0.3) is 0 Å². The number of amides is 1. The summed E-state index contributed by atoms with van der Waals surface area (Å²) in [7, 11) is 4.36. The lowest BCUT2D eigenvalue weighted by atomic mass is 9.94. The van der Waals surface area contributed by atoms with Gasteiger partial charge in [-0.3, -0.25) is 4.79 Å². The maximum atomic E-state index is 14.0. The normalized spacial score (nSPS) is 15.8. The predicted molar refractivity (Wildman–Crippen MR) is 126 cm³/mol. The van der Waals surface area contributed by atoms with Gasteiger partial charge in [0.1, 0.15) is 5.82 Å². The number of carbonyl (C=O) groups is 1. The predicted octanol–water partition coefficient (Wildman–Crippen LogP) is 3.86. The van der Waals surface area contributed by atoms with Crippen LogP contribution in [0.25, 0.3) is 0 Å². The van der Waals surface area contributed by atoms with E-state index in [1.165, 1.54) is 28.7 Å². The van der Waals surface area contributed by atoms with Crippen LogP contribution in [0.3, 0.4) is 0 Å². The highest BCUT2D eigenvalue weighted by Gasteiger charge is 2.39. The van der Waals surface area contributed by atoms with Crippen LogP contribution in [0.4, 0.5) is 4.39 Å². The molecule has 0 N–H and O–H groups in total. The average Bonchev–Trinajstić information content (AvgIpc) is 3.53. The number of halogens is 1. The maximum absolute atomic E-state index is 14.0. The molecule has 0 bridgehead atoms. The van der Waals surface area contributed by atoms with E-state index in [0.717, 1.165) is 29.4 Å². The zero-order chi connectivity index (χ0) is 22.8. The first-order valence-electron chi connectivity index (χ1n) is 11.0. The monoisotopic (exact) mass is 472 g/mol. The van der Waals surface area contributed by atoms with E-state index >= 15 is 0 Å². The van der Waals surface area contributed by atoms with Crippen LogP contribution in [0, 0.1) is 5.82 Å². The second-order valence-corrected chi connectivity index (χ2v) is 10.9. The summed E-state index contributed by atoms with van der Waals surface area (Å²) in [5.74, 6) is -0.501. The largest absolute Gasteiger partial charge is 0.834 e. The molecule has 0 spiro atoms. The number of carbonyl (C=O) groups excluding carboxylic acids is 1. The van der Waals surface area contributed by atoms with Crippen LogP contribution >= 0.6 is 22.7 Å². The number of thiophene rings is 2. The van der Waals surface area contributed by atoms with Crippen molar-refractivity contribution in [3.63, 3.8) is 0 Å². The molecule has 0 unspecified atom stereocenters. The van der Waals surface area contributed by atoms with Crippen LogP contribution in [-0.2, 0) is 16.8 Å². The van der Waals surface area contributed by atoms with Gasteiger partial charge in [0.2, 0.25) is 5.91 Å². The van der Waals surface area contributed by atoms with E-state index in [4.69, 9.17) is 0 Å². The van der Waals surface area contributed by atoms with Gasteiger partial charge >= 0.3 is 0 Å². The number of quaternary nitrogens is 1. The topological polar surface area (TPSA) is 43.4 Å². The Morgan fingerprint density at radius 2 is 1.66 bits per heavy atom. The summed E-state index contributed by atoms with van der Waals surface area (Å²) in [6.45, 7) is 1.98. The first kappa shape index (κ1) is 23.1. The van der Waals surface area contributed by atoms with Gasteiger partial charge in [-0.25, -0.2) is 4.39 Å². The second kappa shape index (κ2) is 9.43. The Balaban J connectivity index is 1.42. The highest BCUT2D eigenvalue weighted by molar-refractivity contribution is 7.12. The van der Waals surface area contributed by atoms with Gasteiger partial charge in [-0.2, -0.15) is 0 Å². The summed E-state index contributed by atoms with van der Waals surface area (Å²) in [5.41, 5.74) is -1.13. The molecule has 0 saturated carbocycles. The highest BCUT2D eigenvalue weighted by Crippen LogP contribution is 2.36. The maximum Gasteiger partial charge on any atom is 0.222 e. The van der Waals surface area contributed by atoms with E-state index < -0.39 is 5.60 Å². The molecular formula is C25H29FN2O2S2. The van der Waals surface area contributed by atoms with Crippen LogP contribution in [-0.4, -0.2) is 55.1 Å². The molecule has 32 heavy (non-hydrogen) atoms. The van der Waals surface area contributed by atoms with E-state index in [9.17, 15) is 14.3 Å². The van der Waals surface area contributed by atoms with E-state index in [1.807, 2.05) is 35.0 Å². The van der Waals surface area contributed by atoms with E-state index in [1.54, 1.807) is 23.1 Å². The molecule has 1 fully saturated rings. The number of rotatable bonds is 7. The third kappa shape index (κ3) is 4.53. The zero-order valence-electron chi connectivity index (χ0n) is 18.5. The number of hydrogen-bond acceptors (Lipinski definition) is 4. The molecule has 1 saturated heterocycles. The van der Waals surface area contributed by atoms with E-state index in [-0.39, 0.29) is 11.7 Å². The number of nitrogens with zero attached hydrogens (tertiary/aromatic N) is 2. The average molecular weight is 473 g/mol. The Kier molecular flexibility index (Phi) is 6.81. The fourth-order valence-electron chi connectivity index (χ4n) is 4.57. The lowest BCUT2D eigenvalue weighted by Crippen LogP contribution is -2.60. The Hall–Kier alpha value is -2.06. The molecule has 2 aromatic heterocycles. The Morgan fingerprint density at radius 1 is 1.06 bits per heavy atom. The fourth-order valence-corrected chi connectivity index (χ4v) is 6.29. The molecule has 0 aliphatic carbocycles. The summed E-state index contributed by atoms with van der Waals surface area (Å²) < 4.78 is 14.8. The van der Waals surface area contributed by atoms with Gasteiger partial charge in [-0.05, 0) is 34.5 Å². The quantitative estimate of drug-likeness (QED) is 0.490. The minimum absolute atomic E-state index is 0.151. The Morgan fingerprint density at radius 3 is 2.19 bits per heavy atom. The van der Waals surface area contributed by atoms with Crippen molar-refractivity contribution in [2.75, 3.05) is 33.7 Å². The van der Waals surface area contributed by atoms with Gasteiger partial charge in [0, 0.05) is 47.7 Å². The lowest BCUT2D eigenvalue weighted by Gasteiger charge is -2.46. The fraction of sp³-hybridized carbons (Fsp3) is 0.400. The van der Waals surface area contributed by atoms with Crippen LogP contribution < -0.4 is 5.11 Å². The second-order valence-electron chi connectivity index (χ2n) is 9.00. The summed E-state index contributed by atoms with van der Waals surface area (Å²) in [4.78, 5) is 16.3. The Labute approximate surface area is 197 Å². The summed E-state index contributed by atoms with van der Waals surface area (Å²) in [5, 5.41) is 17.7. The van der Waals surface area contributed by atoms with E-state index in [0.29, 0.717) is 35.3 Å². The van der Waals surface area contributed by atoms with Crippen molar-refractivity contribution in [3.05, 3.63) is 80.4 Å². The molecule has 0 radical (unpaired) electrons. The first-order valence-corrected chi connectivity index (χ1v) is 12.7. The summed E-state index contributed by atoms with van der Waals surface area (Å²) in [6.07, 6.45) is 2.35. The molecule has 3 heterocycles. The number of hydrogen-bond donors (Lipinski definition) is 0. The third-order valence-electron chi connectivity index (χ3n) is 6.69. The van der Waals surface area contributed by atoms with Gasteiger partial charge in [-0.15, -0.1) is 22.7 Å². The Bertz CT molecular complexity index is 992. The van der Waals surface area contributed by atoms with Crippen molar-refractivity contribution in [1.82, 2.24) is 4.90 Å². The summed E-state index contributed by atoms with van der Waals surface area (Å²) >= 11 is 2.69. The van der Waals surface area contributed by atoms with E-state index in [2.05, 4.69) is 14.1 Å². The third-order valence-corrected chi connectivity index (χ3v) is 8.63.